The van der Waals surface area contributed by atoms with Crippen LogP contribution in [0.2, 0.25) is 0 Å². The van der Waals surface area contributed by atoms with Gasteiger partial charge < -0.3 is 10.2 Å². The Hall–Kier alpha value is -2.63. The monoisotopic (exact) mass is 590 g/mol. The van der Waals surface area contributed by atoms with Crippen LogP contribution in [0, 0.1) is 0 Å². The molecule has 2 aromatic rings. The van der Waals surface area contributed by atoms with Gasteiger partial charge in [-0.1, -0.05) is 32.6 Å². The average Bonchev–Trinajstić information content (AvgIpc) is 3.78. The van der Waals surface area contributed by atoms with Crippen LogP contribution in [0.15, 0.2) is 47.4 Å². The second kappa shape index (κ2) is 12.9. The lowest BCUT2D eigenvalue weighted by atomic mass is 10.1. The molecule has 0 radical (unpaired) electrons. The lowest BCUT2D eigenvalue weighted by molar-refractivity contribution is 0.102. The van der Waals surface area contributed by atoms with Crippen molar-refractivity contribution in [2.24, 2.45) is 0 Å². The maximum Gasteiger partial charge on any atom is 0.257 e. The number of carbonyl (C=O) groups excluding carboxylic acids is 1. The molecule has 1 saturated heterocycles. The lowest BCUT2D eigenvalue weighted by Gasteiger charge is -2.36. The minimum Gasteiger partial charge on any atom is -0.369 e. The number of sulfone groups is 1. The van der Waals surface area contributed by atoms with Crippen LogP contribution in [0.4, 0.5) is 17.1 Å². The van der Waals surface area contributed by atoms with E-state index in [9.17, 15) is 21.6 Å². The minimum absolute atomic E-state index is 0.103. The molecule has 2 aliphatic rings. The van der Waals surface area contributed by atoms with Gasteiger partial charge in [0.25, 0.3) is 5.91 Å². The first-order valence-electron chi connectivity index (χ1n) is 14.2. The van der Waals surface area contributed by atoms with Gasteiger partial charge >= 0.3 is 0 Å². The van der Waals surface area contributed by atoms with Crippen LogP contribution in [0.5, 0.6) is 0 Å². The van der Waals surface area contributed by atoms with Crippen molar-refractivity contribution in [2.45, 2.75) is 62.8 Å². The van der Waals surface area contributed by atoms with E-state index in [2.05, 4.69) is 22.0 Å². The van der Waals surface area contributed by atoms with Crippen molar-refractivity contribution in [2.75, 3.05) is 59.8 Å². The summed E-state index contributed by atoms with van der Waals surface area (Å²) < 4.78 is 51.4. The summed E-state index contributed by atoms with van der Waals surface area (Å²) >= 11 is 0. The quantitative estimate of drug-likeness (QED) is 0.346. The SMILES string of the molecule is CCCCCCCS(=O)(=O)c1ccc(NC(=O)c2ccc(N3CCN(C4CC4)CC3)cc2N(C)S(C)(=O)=O)cc1. The number of rotatable bonds is 13. The molecule has 220 valence electrons. The summed E-state index contributed by atoms with van der Waals surface area (Å²) in [5.74, 6) is -0.367. The van der Waals surface area contributed by atoms with Gasteiger partial charge in [0.2, 0.25) is 10.0 Å². The molecule has 9 nitrogen and oxygen atoms in total. The van der Waals surface area contributed by atoms with Crippen LogP contribution < -0.4 is 14.5 Å². The smallest absolute Gasteiger partial charge is 0.257 e. The Bertz CT molecular complexity index is 1380. The third-order valence-electron chi connectivity index (χ3n) is 7.79. The minimum atomic E-state index is -3.62. The topological polar surface area (TPSA) is 107 Å². The number of benzene rings is 2. The Morgan fingerprint density at radius 2 is 1.57 bits per heavy atom. The molecule has 1 saturated carbocycles. The van der Waals surface area contributed by atoms with E-state index in [1.165, 1.54) is 32.0 Å². The van der Waals surface area contributed by atoms with Gasteiger partial charge in [0.05, 0.1) is 28.2 Å². The first-order chi connectivity index (χ1) is 19.0. The van der Waals surface area contributed by atoms with Crippen molar-refractivity contribution in [3.05, 3.63) is 48.0 Å². The van der Waals surface area contributed by atoms with Gasteiger partial charge in [-0.3, -0.25) is 14.0 Å². The number of carbonyl (C=O) groups is 1. The van der Waals surface area contributed by atoms with Crippen LogP contribution in [-0.2, 0) is 19.9 Å². The van der Waals surface area contributed by atoms with Crippen molar-refractivity contribution < 1.29 is 21.6 Å². The van der Waals surface area contributed by atoms with Crippen molar-refractivity contribution >= 4 is 42.8 Å². The highest BCUT2D eigenvalue weighted by atomic mass is 32.2. The van der Waals surface area contributed by atoms with E-state index in [0.717, 1.165) is 68.1 Å². The number of hydrogen-bond acceptors (Lipinski definition) is 7. The van der Waals surface area contributed by atoms with Crippen molar-refractivity contribution in [1.82, 2.24) is 4.90 Å². The lowest BCUT2D eigenvalue weighted by Crippen LogP contribution is -2.47. The Morgan fingerprint density at radius 3 is 2.17 bits per heavy atom. The summed E-state index contributed by atoms with van der Waals surface area (Å²) in [7, 11) is -5.57. The van der Waals surface area contributed by atoms with E-state index in [0.29, 0.717) is 23.8 Å². The van der Waals surface area contributed by atoms with E-state index in [1.807, 2.05) is 6.07 Å². The van der Waals surface area contributed by atoms with E-state index < -0.39 is 25.8 Å². The Labute approximate surface area is 239 Å². The van der Waals surface area contributed by atoms with Gasteiger partial charge in [0.15, 0.2) is 9.84 Å². The highest BCUT2D eigenvalue weighted by Gasteiger charge is 2.31. The molecule has 0 unspecified atom stereocenters. The molecule has 0 spiro atoms. The normalized spacial score (nSPS) is 16.6. The standard InChI is InChI=1S/C29H42N4O5S2/c1-4-5-6-7-8-21-40(37,38)26-14-9-23(10-15-26)30-29(34)27-16-13-25(22-28(27)31(2)39(3,35)36)33-19-17-32(18-20-33)24-11-12-24/h9-10,13-16,22,24H,4-8,11-12,17-21H2,1-3H3,(H,30,34). The number of anilines is 3. The molecule has 1 aliphatic heterocycles. The van der Waals surface area contributed by atoms with Crippen LogP contribution in [0.3, 0.4) is 0 Å². The van der Waals surface area contributed by atoms with Gasteiger partial charge in [-0.2, -0.15) is 0 Å². The molecule has 1 heterocycles. The maximum absolute atomic E-state index is 13.3. The fourth-order valence-corrected chi connectivity index (χ4v) is 6.97. The van der Waals surface area contributed by atoms with Gasteiger partial charge in [0.1, 0.15) is 0 Å². The number of nitrogens with one attached hydrogen (secondary N) is 1. The van der Waals surface area contributed by atoms with Crippen LogP contribution >= 0.6 is 0 Å². The summed E-state index contributed by atoms with van der Waals surface area (Å²) in [6, 6.07) is 12.1. The third kappa shape index (κ3) is 7.76. The Kier molecular flexibility index (Phi) is 9.79. The molecular weight excluding hydrogens is 548 g/mol. The van der Waals surface area contributed by atoms with E-state index in [1.54, 1.807) is 24.3 Å². The van der Waals surface area contributed by atoms with Crippen LogP contribution in [0.1, 0.15) is 62.2 Å². The molecule has 0 aromatic heterocycles. The molecule has 2 fully saturated rings. The largest absolute Gasteiger partial charge is 0.369 e. The highest BCUT2D eigenvalue weighted by molar-refractivity contribution is 7.92. The number of nitrogens with zero attached hydrogens (tertiary/aromatic N) is 3. The zero-order valence-electron chi connectivity index (χ0n) is 23.8. The molecule has 11 heteroatoms. The Balaban J connectivity index is 1.47. The molecule has 0 atom stereocenters. The summed E-state index contributed by atoms with van der Waals surface area (Å²) in [6.45, 7) is 5.74. The first kappa shape index (κ1) is 30.3. The van der Waals surface area contributed by atoms with Gasteiger partial charge in [-0.25, -0.2) is 16.8 Å². The van der Waals surface area contributed by atoms with E-state index in [4.69, 9.17) is 0 Å². The molecular formula is C29H42N4O5S2. The fraction of sp³-hybridized carbons (Fsp3) is 0.552. The molecule has 1 aliphatic carbocycles. The second-order valence-corrected chi connectivity index (χ2v) is 15.0. The second-order valence-electron chi connectivity index (χ2n) is 10.9. The third-order valence-corrected chi connectivity index (χ3v) is 10.8. The van der Waals surface area contributed by atoms with E-state index in [-0.39, 0.29) is 16.2 Å². The zero-order chi connectivity index (χ0) is 28.9. The molecule has 0 bridgehead atoms. The van der Waals surface area contributed by atoms with Gasteiger partial charge in [-0.15, -0.1) is 0 Å². The number of sulfonamides is 1. The summed E-state index contributed by atoms with van der Waals surface area (Å²) in [5, 5.41) is 2.80. The number of piperazine rings is 1. The summed E-state index contributed by atoms with van der Waals surface area (Å²) in [6.07, 6.45) is 8.41. The van der Waals surface area contributed by atoms with Crippen molar-refractivity contribution in [3.63, 3.8) is 0 Å². The molecule has 40 heavy (non-hydrogen) atoms. The molecule has 4 rings (SSSR count). The Morgan fingerprint density at radius 1 is 0.925 bits per heavy atom. The van der Waals surface area contributed by atoms with Gasteiger partial charge in [-0.05, 0) is 61.7 Å². The predicted octanol–water partition coefficient (Wildman–Crippen LogP) is 4.36. The molecule has 1 amide bonds. The number of amides is 1. The van der Waals surface area contributed by atoms with E-state index >= 15 is 0 Å². The molecule has 2 aromatic carbocycles. The number of hydrogen-bond donors (Lipinski definition) is 1. The first-order valence-corrected chi connectivity index (χ1v) is 17.7. The van der Waals surface area contributed by atoms with Crippen LogP contribution in [-0.4, -0.2) is 78.9 Å². The van der Waals surface area contributed by atoms with Crippen LogP contribution in [0.25, 0.3) is 0 Å². The number of unbranched alkanes of at least 4 members (excludes halogenated alkanes) is 4. The summed E-state index contributed by atoms with van der Waals surface area (Å²) in [5.41, 5.74) is 1.82. The zero-order valence-corrected chi connectivity index (χ0v) is 25.4. The summed E-state index contributed by atoms with van der Waals surface area (Å²) in [4.78, 5) is 18.3. The predicted molar refractivity (Wildman–Crippen MR) is 162 cm³/mol. The highest BCUT2D eigenvalue weighted by Crippen LogP contribution is 2.32. The van der Waals surface area contributed by atoms with Crippen molar-refractivity contribution in [1.29, 1.82) is 0 Å². The maximum atomic E-state index is 13.3. The molecule has 1 N–H and O–H groups in total. The fourth-order valence-electron chi connectivity index (χ4n) is 5.09. The van der Waals surface area contributed by atoms with Crippen molar-refractivity contribution in [3.8, 4) is 0 Å². The average molecular weight is 591 g/mol. The van der Waals surface area contributed by atoms with Gasteiger partial charge in [0, 0.05) is 50.6 Å².